The van der Waals surface area contributed by atoms with Crippen molar-refractivity contribution in [2.75, 3.05) is 16.4 Å². The van der Waals surface area contributed by atoms with E-state index in [-0.39, 0.29) is 45.7 Å². The van der Waals surface area contributed by atoms with Gasteiger partial charge in [0.25, 0.3) is 0 Å². The molecule has 2 saturated carbocycles. The first-order valence-corrected chi connectivity index (χ1v) is 17.7. The number of aromatic carboxylic acids is 1. The molecule has 2 heterocycles. The molecule has 1 saturated heterocycles. The van der Waals surface area contributed by atoms with Gasteiger partial charge in [0.2, 0.25) is 5.91 Å². The van der Waals surface area contributed by atoms with Crippen molar-refractivity contribution in [3.05, 3.63) is 15.8 Å². The molecule has 2 amide bonds. The molecule has 0 aromatic carbocycles. The van der Waals surface area contributed by atoms with Crippen molar-refractivity contribution >= 4 is 44.8 Å². The number of carbonyl (C=O) groups is 3. The molecule has 4 rings (SSSR count). The molecule has 1 unspecified atom stereocenters. The minimum Gasteiger partial charge on any atom is -0.477 e. The predicted molar refractivity (Wildman–Crippen MR) is 160 cm³/mol. The maximum atomic E-state index is 14.1. The zero-order chi connectivity index (χ0) is 29.9. The highest BCUT2D eigenvalue weighted by Gasteiger charge is 2.38. The molecule has 3 aliphatic rings. The summed E-state index contributed by atoms with van der Waals surface area (Å²) in [5, 5.41) is 13.0. The number of amides is 2. The Bertz CT molecular complexity index is 1200. The van der Waals surface area contributed by atoms with Gasteiger partial charge in [-0.25, -0.2) is 18.0 Å². The molecule has 1 aromatic rings. The normalized spacial score (nSPS) is 28.1. The molecule has 2 aliphatic carbocycles. The van der Waals surface area contributed by atoms with Gasteiger partial charge in [-0.1, -0.05) is 27.7 Å². The van der Waals surface area contributed by atoms with Crippen LogP contribution in [0.15, 0.2) is 6.07 Å². The van der Waals surface area contributed by atoms with Crippen molar-refractivity contribution in [3.8, 4) is 0 Å². The minimum absolute atomic E-state index is 0.0258. The molecule has 41 heavy (non-hydrogen) atoms. The largest absolute Gasteiger partial charge is 0.477 e. The number of alkyl carbamates (subject to hydrolysis) is 1. The highest BCUT2D eigenvalue weighted by molar-refractivity contribution is 7.91. The van der Waals surface area contributed by atoms with Gasteiger partial charge in [0.15, 0.2) is 9.84 Å². The van der Waals surface area contributed by atoms with E-state index < -0.39 is 28.0 Å². The number of carboxylic acids is 1. The number of aryl methyl sites for hydroxylation is 1. The quantitative estimate of drug-likeness (QED) is 0.380. The summed E-state index contributed by atoms with van der Waals surface area (Å²) in [5.74, 6) is -0.586. The van der Waals surface area contributed by atoms with Gasteiger partial charge in [0.1, 0.15) is 11.0 Å². The maximum absolute atomic E-state index is 14.1. The number of anilines is 1. The summed E-state index contributed by atoms with van der Waals surface area (Å²) >= 11 is 1.28. The van der Waals surface area contributed by atoms with Crippen LogP contribution in [-0.2, 0) is 25.8 Å². The SMILES string of the molecule is CC1CCC(C(=O)N(c2cc(CCC(C)(C)C)sc2C(=O)O)C2CCC(NC(=O)OC3CCS(=O)(=O)C3)CC2)CC1. The second-order valence-corrected chi connectivity index (χ2v) is 16.9. The number of hydrogen-bond donors (Lipinski definition) is 2. The zero-order valence-corrected chi connectivity index (χ0v) is 26.4. The fourth-order valence-electron chi connectivity index (χ4n) is 6.27. The molecule has 3 fully saturated rings. The third-order valence-corrected chi connectivity index (χ3v) is 11.7. The molecule has 9 nitrogen and oxygen atoms in total. The van der Waals surface area contributed by atoms with Crippen LogP contribution in [0.3, 0.4) is 0 Å². The number of thiophene rings is 1. The van der Waals surface area contributed by atoms with E-state index in [1.54, 1.807) is 4.90 Å². The van der Waals surface area contributed by atoms with E-state index in [1.807, 2.05) is 6.07 Å². The number of carboxylic acid groups (broad SMARTS) is 1. The zero-order valence-electron chi connectivity index (χ0n) is 24.8. The lowest BCUT2D eigenvalue weighted by Crippen LogP contribution is -2.49. The molecular formula is C30H46N2O7S2. The molecule has 230 valence electrons. The third kappa shape index (κ3) is 8.69. The smallest absolute Gasteiger partial charge is 0.407 e. The molecule has 1 atom stereocenters. The Kier molecular flexibility index (Phi) is 10.1. The van der Waals surface area contributed by atoms with E-state index in [1.165, 1.54) is 11.3 Å². The van der Waals surface area contributed by atoms with Crippen LogP contribution in [0.5, 0.6) is 0 Å². The Morgan fingerprint density at radius 2 is 1.71 bits per heavy atom. The second-order valence-electron chi connectivity index (χ2n) is 13.5. The third-order valence-electron chi connectivity index (χ3n) is 8.79. The van der Waals surface area contributed by atoms with Crippen molar-refractivity contribution in [1.82, 2.24) is 5.32 Å². The van der Waals surface area contributed by atoms with Crippen LogP contribution in [0.4, 0.5) is 10.5 Å². The van der Waals surface area contributed by atoms with E-state index in [9.17, 15) is 27.9 Å². The van der Waals surface area contributed by atoms with Crippen molar-refractivity contribution in [1.29, 1.82) is 0 Å². The fraction of sp³-hybridized carbons (Fsp3) is 0.767. The fourth-order valence-corrected chi connectivity index (χ4v) is 8.84. The first-order valence-electron chi connectivity index (χ1n) is 15.1. The Morgan fingerprint density at radius 3 is 2.27 bits per heavy atom. The Hall–Kier alpha value is -2.14. The summed E-state index contributed by atoms with van der Waals surface area (Å²) in [6, 6.07) is 1.63. The number of nitrogens with zero attached hydrogens (tertiary/aromatic N) is 1. The van der Waals surface area contributed by atoms with E-state index >= 15 is 0 Å². The van der Waals surface area contributed by atoms with Gasteiger partial charge in [0.05, 0.1) is 17.2 Å². The van der Waals surface area contributed by atoms with Gasteiger partial charge in [-0.2, -0.15) is 0 Å². The van der Waals surface area contributed by atoms with Crippen molar-refractivity contribution in [2.24, 2.45) is 17.3 Å². The lowest BCUT2D eigenvalue weighted by molar-refractivity contribution is -0.124. The van der Waals surface area contributed by atoms with Crippen LogP contribution in [0, 0.1) is 17.3 Å². The van der Waals surface area contributed by atoms with Crippen molar-refractivity contribution < 1.29 is 32.6 Å². The Labute approximate surface area is 248 Å². The Balaban J connectivity index is 1.48. The number of hydrogen-bond acceptors (Lipinski definition) is 7. The molecule has 0 spiro atoms. The molecule has 0 bridgehead atoms. The standard InChI is InChI=1S/C30H46N2O7S2/c1-19-5-7-20(8-6-19)27(33)32(25-17-24(13-15-30(2,3)4)40-26(25)28(34)35)22-11-9-21(10-12-22)31-29(36)39-23-14-16-41(37,38)18-23/h17,19-23H,5-16,18H2,1-4H3,(H,31,36)(H,34,35). The van der Waals surface area contributed by atoms with Crippen LogP contribution in [0.2, 0.25) is 0 Å². The lowest BCUT2D eigenvalue weighted by atomic mass is 9.81. The summed E-state index contributed by atoms with van der Waals surface area (Å²) in [4.78, 5) is 42.0. The van der Waals surface area contributed by atoms with E-state index in [0.717, 1.165) is 43.4 Å². The average molecular weight is 611 g/mol. The minimum atomic E-state index is -3.14. The first-order chi connectivity index (χ1) is 19.2. The lowest BCUT2D eigenvalue weighted by Gasteiger charge is -2.39. The van der Waals surface area contributed by atoms with Gasteiger partial charge in [-0.3, -0.25) is 4.79 Å². The molecule has 1 aliphatic heterocycles. The number of nitrogens with one attached hydrogen (secondary N) is 1. The van der Waals surface area contributed by atoms with Crippen LogP contribution in [0.1, 0.15) is 106 Å². The number of rotatable bonds is 8. The second kappa shape index (κ2) is 13.0. The topological polar surface area (TPSA) is 130 Å². The highest BCUT2D eigenvalue weighted by Crippen LogP contribution is 2.40. The molecule has 2 N–H and O–H groups in total. The summed E-state index contributed by atoms with van der Waals surface area (Å²) in [6.45, 7) is 8.71. The van der Waals surface area contributed by atoms with E-state index in [2.05, 4.69) is 33.0 Å². The predicted octanol–water partition coefficient (Wildman–Crippen LogP) is 5.81. The number of ether oxygens (including phenoxy) is 1. The number of carbonyl (C=O) groups excluding carboxylic acids is 2. The van der Waals surface area contributed by atoms with Crippen molar-refractivity contribution in [2.45, 2.75) is 117 Å². The number of sulfone groups is 1. The van der Waals surface area contributed by atoms with Crippen LogP contribution in [0.25, 0.3) is 0 Å². The molecule has 0 radical (unpaired) electrons. The van der Waals surface area contributed by atoms with Gasteiger partial charge in [0, 0.05) is 22.9 Å². The van der Waals surface area contributed by atoms with E-state index in [0.29, 0.717) is 43.7 Å². The van der Waals surface area contributed by atoms with E-state index in [4.69, 9.17) is 4.74 Å². The summed E-state index contributed by atoms with van der Waals surface area (Å²) in [5.41, 5.74) is 0.633. The van der Waals surface area contributed by atoms with Gasteiger partial charge < -0.3 is 20.1 Å². The monoisotopic (exact) mass is 610 g/mol. The summed E-state index contributed by atoms with van der Waals surface area (Å²) in [6.07, 6.45) is 6.93. The maximum Gasteiger partial charge on any atom is 0.407 e. The van der Waals surface area contributed by atoms with Gasteiger partial charge in [-0.05, 0) is 88.0 Å². The van der Waals surface area contributed by atoms with Crippen molar-refractivity contribution in [3.63, 3.8) is 0 Å². The van der Waals surface area contributed by atoms with Crippen LogP contribution in [-0.4, -0.2) is 61.2 Å². The Morgan fingerprint density at radius 1 is 1.05 bits per heavy atom. The van der Waals surface area contributed by atoms with Crippen LogP contribution < -0.4 is 10.2 Å². The first kappa shape index (κ1) is 31.8. The average Bonchev–Trinajstić information content (AvgIpc) is 3.46. The summed E-state index contributed by atoms with van der Waals surface area (Å²) in [7, 11) is -3.14. The summed E-state index contributed by atoms with van der Waals surface area (Å²) < 4.78 is 28.7. The highest BCUT2D eigenvalue weighted by atomic mass is 32.2. The molecule has 1 aromatic heterocycles. The van der Waals surface area contributed by atoms with Gasteiger partial charge >= 0.3 is 12.1 Å². The molecule has 11 heteroatoms. The van der Waals surface area contributed by atoms with Gasteiger partial charge in [-0.15, -0.1) is 11.3 Å². The molecular weight excluding hydrogens is 564 g/mol. The van der Waals surface area contributed by atoms with Crippen LogP contribution >= 0.6 is 11.3 Å².